The Morgan fingerprint density at radius 2 is 1.48 bits per heavy atom. The summed E-state index contributed by atoms with van der Waals surface area (Å²) < 4.78 is 0. The quantitative estimate of drug-likeness (QED) is 0.190. The van der Waals surface area contributed by atoms with Crippen LogP contribution < -0.4 is 0 Å². The van der Waals surface area contributed by atoms with E-state index in [1.54, 1.807) is 0 Å². The van der Waals surface area contributed by atoms with Gasteiger partial charge in [0.15, 0.2) is 0 Å². The summed E-state index contributed by atoms with van der Waals surface area (Å²) in [5, 5.41) is 3.40. The first-order valence-corrected chi connectivity index (χ1v) is 8.74. The summed E-state index contributed by atoms with van der Waals surface area (Å²) in [6, 6.07) is 35.1. The first-order chi connectivity index (χ1) is 12.9. The fourth-order valence-electron chi connectivity index (χ4n) is 3.56. The molecular weight excluding hydrogens is 506 g/mol. The first kappa shape index (κ1) is 17.6. The normalized spacial score (nSPS) is 10.7. The molecule has 0 atom stereocenters. The second-order valence-corrected chi connectivity index (χ2v) is 6.40. The van der Waals surface area contributed by atoms with E-state index < -0.39 is 0 Å². The van der Waals surface area contributed by atoms with Crippen LogP contribution >= 0.6 is 0 Å². The molecule has 0 saturated carbocycles. The number of benzene rings is 4. The van der Waals surface area contributed by atoms with Crippen molar-refractivity contribution in [3.05, 3.63) is 103 Å². The number of pyridine rings is 1. The van der Waals surface area contributed by atoms with E-state index in [1.807, 2.05) is 24.4 Å². The fraction of sp³-hybridized carbons (Fsp3) is 0. The number of rotatable bonds is 2. The summed E-state index contributed by atoms with van der Waals surface area (Å²) in [4.78, 5) is 4.58. The van der Waals surface area contributed by atoms with E-state index in [-0.39, 0.29) is 20.1 Å². The van der Waals surface area contributed by atoms with Crippen molar-refractivity contribution in [2.24, 2.45) is 0 Å². The van der Waals surface area contributed by atoms with Crippen molar-refractivity contribution in [3.63, 3.8) is 0 Å². The maximum Gasteiger partial charge on any atom is 0.0161 e. The summed E-state index contributed by atoms with van der Waals surface area (Å²) in [6.07, 6.45) is 1.85. The third-order valence-electron chi connectivity index (χ3n) is 4.82. The van der Waals surface area contributed by atoms with Gasteiger partial charge in [-0.1, -0.05) is 77.7 Å². The Kier molecular flexibility index (Phi) is 4.85. The second kappa shape index (κ2) is 7.44. The van der Waals surface area contributed by atoms with Crippen LogP contribution in [0.2, 0.25) is 0 Å². The largest absolute Gasteiger partial charge is 0.304 e. The Bertz CT molecular complexity index is 1230. The van der Waals surface area contributed by atoms with Crippen LogP contribution in [0.25, 0.3) is 43.9 Å². The molecule has 0 unspecified atom stereocenters. The third kappa shape index (κ3) is 3.19. The molecule has 1 aromatic heterocycles. The predicted octanol–water partition coefficient (Wildman–Crippen LogP) is 6.52. The standard InChI is InChI=1S/C25H16N.Ir/c1-2-7-18(8-3-1)20-9-4-10-21(17-20)22-12-5-13-24-23(22)15-14-19-11-6-16-26-25(19)24;/h1-12,14-17H;/q-1;. The van der Waals surface area contributed by atoms with Crippen LogP contribution in [0.15, 0.2) is 97.2 Å². The van der Waals surface area contributed by atoms with E-state index in [0.717, 1.165) is 16.3 Å². The second-order valence-electron chi connectivity index (χ2n) is 6.40. The number of hydrogen-bond acceptors (Lipinski definition) is 1. The Hall–Kier alpha value is -2.80. The van der Waals surface area contributed by atoms with E-state index in [2.05, 4.69) is 83.8 Å². The molecule has 0 amide bonds. The summed E-state index contributed by atoms with van der Waals surface area (Å²) >= 11 is 0. The first-order valence-electron chi connectivity index (χ1n) is 8.74. The molecule has 0 aliphatic carbocycles. The molecule has 0 aliphatic rings. The van der Waals surface area contributed by atoms with E-state index >= 15 is 0 Å². The van der Waals surface area contributed by atoms with Gasteiger partial charge in [0.25, 0.3) is 0 Å². The van der Waals surface area contributed by atoms with Gasteiger partial charge >= 0.3 is 0 Å². The van der Waals surface area contributed by atoms with Gasteiger partial charge in [0.05, 0.1) is 0 Å². The third-order valence-corrected chi connectivity index (χ3v) is 4.82. The molecule has 0 fully saturated rings. The van der Waals surface area contributed by atoms with E-state index in [4.69, 9.17) is 0 Å². The van der Waals surface area contributed by atoms with Crippen LogP contribution in [-0.4, -0.2) is 4.98 Å². The zero-order valence-electron chi connectivity index (χ0n) is 14.5. The van der Waals surface area contributed by atoms with Crippen molar-refractivity contribution >= 4 is 21.7 Å². The molecular formula is C25H16IrN-. The molecule has 27 heavy (non-hydrogen) atoms. The predicted molar refractivity (Wildman–Crippen MR) is 109 cm³/mol. The van der Waals surface area contributed by atoms with E-state index in [0.29, 0.717) is 0 Å². The average molecular weight is 523 g/mol. The Morgan fingerprint density at radius 3 is 2.37 bits per heavy atom. The van der Waals surface area contributed by atoms with Gasteiger partial charge in [-0.05, 0) is 39.7 Å². The SMILES string of the molecule is [Ir].[c-]1ccc(-c2cccc(-c3ccccc3)c2)c2ccc3cccnc3c12. The topological polar surface area (TPSA) is 12.9 Å². The maximum atomic E-state index is 4.58. The minimum absolute atomic E-state index is 0. The molecule has 0 aliphatic heterocycles. The molecule has 1 radical (unpaired) electrons. The summed E-state index contributed by atoms with van der Waals surface area (Å²) in [6.45, 7) is 0. The van der Waals surface area contributed by atoms with Gasteiger partial charge in [0, 0.05) is 26.3 Å². The van der Waals surface area contributed by atoms with Crippen LogP contribution in [0.3, 0.4) is 0 Å². The van der Waals surface area contributed by atoms with Crippen molar-refractivity contribution in [1.29, 1.82) is 0 Å². The molecule has 1 nitrogen and oxygen atoms in total. The van der Waals surface area contributed by atoms with Gasteiger partial charge in [-0.25, -0.2) is 0 Å². The minimum atomic E-state index is 0. The smallest absolute Gasteiger partial charge is 0.0161 e. The van der Waals surface area contributed by atoms with Crippen LogP contribution in [-0.2, 0) is 20.1 Å². The van der Waals surface area contributed by atoms with E-state index in [1.165, 1.54) is 27.6 Å². The summed E-state index contributed by atoms with van der Waals surface area (Å²) in [5.74, 6) is 0. The molecule has 0 bridgehead atoms. The Morgan fingerprint density at radius 1 is 0.667 bits per heavy atom. The molecule has 5 rings (SSSR count). The maximum absolute atomic E-state index is 4.58. The van der Waals surface area contributed by atoms with Crippen LogP contribution in [0, 0.1) is 6.07 Å². The molecule has 1 heterocycles. The molecule has 4 aromatic carbocycles. The molecule has 0 N–H and O–H groups in total. The zero-order valence-corrected chi connectivity index (χ0v) is 16.9. The zero-order chi connectivity index (χ0) is 17.3. The summed E-state index contributed by atoms with van der Waals surface area (Å²) in [7, 11) is 0. The van der Waals surface area contributed by atoms with Crippen LogP contribution in [0.1, 0.15) is 0 Å². The molecule has 0 saturated heterocycles. The molecule has 0 spiro atoms. The van der Waals surface area contributed by atoms with Crippen molar-refractivity contribution in [2.75, 3.05) is 0 Å². The Balaban J connectivity index is 0.00000180. The number of fused-ring (bicyclic) bond motifs is 3. The number of aromatic nitrogens is 1. The molecule has 5 aromatic rings. The van der Waals surface area contributed by atoms with Gasteiger partial charge in [0.1, 0.15) is 0 Å². The number of nitrogens with zero attached hydrogens (tertiary/aromatic N) is 1. The van der Waals surface area contributed by atoms with Crippen LogP contribution in [0.4, 0.5) is 0 Å². The van der Waals surface area contributed by atoms with Gasteiger partial charge in [-0.2, -0.15) is 0 Å². The summed E-state index contributed by atoms with van der Waals surface area (Å²) in [5.41, 5.74) is 5.88. The Labute approximate surface area is 172 Å². The van der Waals surface area contributed by atoms with Gasteiger partial charge in [-0.15, -0.1) is 23.6 Å². The monoisotopic (exact) mass is 523 g/mol. The van der Waals surface area contributed by atoms with Gasteiger partial charge < -0.3 is 4.98 Å². The van der Waals surface area contributed by atoms with Crippen LogP contribution in [0.5, 0.6) is 0 Å². The van der Waals surface area contributed by atoms with E-state index in [9.17, 15) is 0 Å². The van der Waals surface area contributed by atoms with Crippen molar-refractivity contribution in [2.45, 2.75) is 0 Å². The van der Waals surface area contributed by atoms with Crippen molar-refractivity contribution < 1.29 is 20.1 Å². The van der Waals surface area contributed by atoms with Gasteiger partial charge in [0.2, 0.25) is 0 Å². The minimum Gasteiger partial charge on any atom is -0.304 e. The average Bonchev–Trinajstić information content (AvgIpc) is 2.74. The number of hydrogen-bond donors (Lipinski definition) is 0. The van der Waals surface area contributed by atoms with Crippen molar-refractivity contribution in [1.82, 2.24) is 4.98 Å². The molecule has 131 valence electrons. The van der Waals surface area contributed by atoms with Gasteiger partial charge in [-0.3, -0.25) is 0 Å². The molecule has 2 heteroatoms. The fourth-order valence-corrected chi connectivity index (χ4v) is 3.56. The van der Waals surface area contributed by atoms with Crippen molar-refractivity contribution in [3.8, 4) is 22.3 Å².